The van der Waals surface area contributed by atoms with Gasteiger partial charge in [-0.25, -0.2) is 0 Å². The molecule has 3 nitrogen and oxygen atoms in total. The number of halogens is 1. The van der Waals surface area contributed by atoms with Gasteiger partial charge in [0.2, 0.25) is 0 Å². The molecule has 1 fully saturated rings. The number of methoxy groups -OCH3 is 1. The van der Waals surface area contributed by atoms with Gasteiger partial charge in [-0.05, 0) is 42.7 Å². The van der Waals surface area contributed by atoms with Gasteiger partial charge in [0, 0.05) is 15.5 Å². The SMILES string of the molecule is COc1cc(Br)c2c3c1OC1C(O)C=CC4C(CCCC341)C2. The minimum absolute atomic E-state index is 0.0585. The molecule has 1 N–H and O–H groups in total. The molecule has 1 heterocycles. The quantitative estimate of drug-likeness (QED) is 0.778. The molecule has 2 bridgehead atoms. The number of aliphatic hydroxyl groups is 1. The van der Waals surface area contributed by atoms with E-state index in [2.05, 4.69) is 22.0 Å². The molecule has 0 radical (unpaired) electrons. The molecular weight excluding hydrogens is 344 g/mol. The minimum Gasteiger partial charge on any atom is -0.493 e. The van der Waals surface area contributed by atoms with Crippen LogP contribution in [0.4, 0.5) is 0 Å². The van der Waals surface area contributed by atoms with Gasteiger partial charge < -0.3 is 14.6 Å². The Kier molecular flexibility index (Phi) is 2.62. The van der Waals surface area contributed by atoms with Crippen LogP contribution in [0.5, 0.6) is 11.5 Å². The van der Waals surface area contributed by atoms with E-state index in [0.29, 0.717) is 11.8 Å². The first-order valence-corrected chi connectivity index (χ1v) is 8.89. The predicted octanol–water partition coefficient (Wildman–Crippen LogP) is 3.36. The Labute approximate surface area is 138 Å². The van der Waals surface area contributed by atoms with Gasteiger partial charge in [-0.3, -0.25) is 0 Å². The Morgan fingerprint density at radius 3 is 3.09 bits per heavy atom. The van der Waals surface area contributed by atoms with Gasteiger partial charge in [0.15, 0.2) is 11.5 Å². The molecule has 0 amide bonds. The van der Waals surface area contributed by atoms with Crippen LogP contribution in [0.15, 0.2) is 22.7 Å². The van der Waals surface area contributed by atoms with Crippen molar-refractivity contribution in [3.05, 3.63) is 33.8 Å². The Morgan fingerprint density at radius 1 is 1.41 bits per heavy atom. The molecule has 22 heavy (non-hydrogen) atoms. The average Bonchev–Trinajstić information content (AvgIpc) is 2.84. The highest BCUT2D eigenvalue weighted by Gasteiger charge is 2.63. The van der Waals surface area contributed by atoms with Crippen molar-refractivity contribution in [2.75, 3.05) is 7.11 Å². The van der Waals surface area contributed by atoms with Gasteiger partial charge in [0.1, 0.15) is 12.2 Å². The van der Waals surface area contributed by atoms with E-state index in [0.717, 1.165) is 28.8 Å². The molecule has 5 unspecified atom stereocenters. The van der Waals surface area contributed by atoms with Crippen LogP contribution in [0.3, 0.4) is 0 Å². The Balaban J connectivity index is 1.86. The second-order valence-corrected chi connectivity index (χ2v) is 7.93. The van der Waals surface area contributed by atoms with Crippen molar-refractivity contribution in [1.29, 1.82) is 0 Å². The molecule has 1 aliphatic heterocycles. The number of hydrogen-bond acceptors (Lipinski definition) is 3. The van der Waals surface area contributed by atoms with Crippen LogP contribution in [0.25, 0.3) is 0 Å². The van der Waals surface area contributed by atoms with Gasteiger partial charge in [-0.2, -0.15) is 0 Å². The van der Waals surface area contributed by atoms with Gasteiger partial charge >= 0.3 is 0 Å². The van der Waals surface area contributed by atoms with Gasteiger partial charge in [0.05, 0.1) is 7.11 Å². The molecule has 116 valence electrons. The first-order valence-electron chi connectivity index (χ1n) is 8.09. The lowest BCUT2D eigenvalue weighted by atomic mass is 9.50. The van der Waals surface area contributed by atoms with Gasteiger partial charge in [0.25, 0.3) is 0 Å². The minimum atomic E-state index is -0.531. The molecule has 0 saturated heterocycles. The van der Waals surface area contributed by atoms with Gasteiger partial charge in [-0.1, -0.05) is 34.5 Å². The summed E-state index contributed by atoms with van der Waals surface area (Å²) in [4.78, 5) is 0. The second-order valence-electron chi connectivity index (χ2n) is 7.08. The van der Waals surface area contributed by atoms with Crippen LogP contribution in [-0.4, -0.2) is 24.4 Å². The fourth-order valence-corrected chi connectivity index (χ4v) is 6.13. The van der Waals surface area contributed by atoms with Gasteiger partial charge in [-0.15, -0.1) is 0 Å². The molecule has 1 saturated carbocycles. The first-order chi connectivity index (χ1) is 10.7. The molecule has 5 rings (SSSR count). The summed E-state index contributed by atoms with van der Waals surface area (Å²) in [6.45, 7) is 0. The second kappa shape index (κ2) is 4.30. The maximum absolute atomic E-state index is 10.6. The standard InChI is InChI=1S/C18H19BrO3/c1-21-14-8-12(19)10-7-9-3-2-6-18-11(9)4-5-13(20)17(18)22-16(14)15(10)18/h4-5,8-9,11,13,17,20H,2-3,6-7H2,1H3. The van der Waals surface area contributed by atoms with E-state index in [4.69, 9.17) is 9.47 Å². The summed E-state index contributed by atoms with van der Waals surface area (Å²) in [6.07, 6.45) is 8.20. The molecule has 1 aromatic carbocycles. The Hall–Kier alpha value is -1.00. The van der Waals surface area contributed by atoms with E-state index in [1.807, 2.05) is 12.1 Å². The average molecular weight is 363 g/mol. The highest BCUT2D eigenvalue weighted by Crippen LogP contribution is 2.65. The van der Waals surface area contributed by atoms with E-state index in [9.17, 15) is 5.11 Å². The van der Waals surface area contributed by atoms with Crippen molar-refractivity contribution in [1.82, 2.24) is 0 Å². The molecule has 5 atom stereocenters. The van der Waals surface area contributed by atoms with Crippen LogP contribution < -0.4 is 9.47 Å². The number of ether oxygens (including phenoxy) is 2. The van der Waals surface area contributed by atoms with E-state index < -0.39 is 6.10 Å². The van der Waals surface area contributed by atoms with Crippen LogP contribution in [-0.2, 0) is 11.8 Å². The lowest BCUT2D eigenvalue weighted by molar-refractivity contribution is -0.0272. The molecule has 1 aromatic rings. The molecule has 0 aromatic heterocycles. The fraction of sp³-hybridized carbons (Fsp3) is 0.556. The zero-order valence-electron chi connectivity index (χ0n) is 12.5. The van der Waals surface area contributed by atoms with Crippen molar-refractivity contribution in [3.63, 3.8) is 0 Å². The number of benzene rings is 1. The van der Waals surface area contributed by atoms with Crippen molar-refractivity contribution >= 4 is 15.9 Å². The molecule has 4 heteroatoms. The third-order valence-corrected chi connectivity index (χ3v) is 7.00. The third kappa shape index (κ3) is 1.37. The molecule has 1 spiro atoms. The number of hydrogen-bond donors (Lipinski definition) is 1. The van der Waals surface area contributed by atoms with Crippen LogP contribution in [0.1, 0.15) is 30.4 Å². The number of allylic oxidation sites excluding steroid dienone is 1. The highest BCUT2D eigenvalue weighted by molar-refractivity contribution is 9.10. The maximum atomic E-state index is 10.6. The summed E-state index contributed by atoms with van der Waals surface area (Å²) in [7, 11) is 1.69. The summed E-state index contributed by atoms with van der Waals surface area (Å²) in [6, 6.07) is 2.03. The smallest absolute Gasteiger partial charge is 0.166 e. The van der Waals surface area contributed by atoms with Crippen LogP contribution in [0.2, 0.25) is 0 Å². The largest absolute Gasteiger partial charge is 0.493 e. The summed E-state index contributed by atoms with van der Waals surface area (Å²) in [5, 5.41) is 10.6. The normalized spacial score (nSPS) is 40.1. The van der Waals surface area contributed by atoms with Crippen molar-refractivity contribution in [3.8, 4) is 11.5 Å². The molecular formula is C18H19BrO3. The van der Waals surface area contributed by atoms with Crippen molar-refractivity contribution in [2.45, 2.75) is 43.3 Å². The van der Waals surface area contributed by atoms with E-state index in [1.165, 1.54) is 24.0 Å². The molecule has 3 aliphatic carbocycles. The van der Waals surface area contributed by atoms with E-state index >= 15 is 0 Å². The summed E-state index contributed by atoms with van der Waals surface area (Å²) >= 11 is 3.75. The highest BCUT2D eigenvalue weighted by atomic mass is 79.9. The molecule has 4 aliphatic rings. The van der Waals surface area contributed by atoms with Crippen molar-refractivity contribution in [2.24, 2.45) is 11.8 Å². The Morgan fingerprint density at radius 2 is 2.27 bits per heavy atom. The fourth-order valence-electron chi connectivity index (χ4n) is 5.56. The zero-order valence-corrected chi connectivity index (χ0v) is 14.1. The summed E-state index contributed by atoms with van der Waals surface area (Å²) < 4.78 is 13.0. The number of aliphatic hydroxyl groups excluding tert-OH is 1. The number of rotatable bonds is 1. The van der Waals surface area contributed by atoms with E-state index in [1.54, 1.807) is 7.11 Å². The monoisotopic (exact) mass is 362 g/mol. The van der Waals surface area contributed by atoms with Crippen molar-refractivity contribution < 1.29 is 14.6 Å². The van der Waals surface area contributed by atoms with Crippen LogP contribution in [0, 0.1) is 11.8 Å². The topological polar surface area (TPSA) is 38.7 Å². The zero-order chi connectivity index (χ0) is 15.1. The maximum Gasteiger partial charge on any atom is 0.166 e. The van der Waals surface area contributed by atoms with Crippen LogP contribution >= 0.6 is 15.9 Å². The summed E-state index contributed by atoms with van der Waals surface area (Å²) in [5.74, 6) is 2.80. The lowest BCUT2D eigenvalue weighted by Crippen LogP contribution is -2.57. The predicted molar refractivity (Wildman–Crippen MR) is 86.5 cm³/mol. The summed E-state index contributed by atoms with van der Waals surface area (Å²) in [5.41, 5.74) is 2.63. The van der Waals surface area contributed by atoms with E-state index in [-0.39, 0.29) is 11.5 Å². The third-order valence-electron chi connectivity index (χ3n) is 6.30. The lowest BCUT2D eigenvalue weighted by Gasteiger charge is -2.53. The Bertz CT molecular complexity index is 698. The first kappa shape index (κ1) is 13.4.